The molecule has 0 radical (unpaired) electrons. The van der Waals surface area contributed by atoms with Crippen molar-refractivity contribution in [3.05, 3.63) is 0 Å². The van der Waals surface area contributed by atoms with Crippen LogP contribution in [0.25, 0.3) is 0 Å². The quantitative estimate of drug-likeness (QED) is 0.813. The molecular weight excluding hydrogens is 240 g/mol. The average Bonchev–Trinajstić information content (AvgIpc) is 2.64. The lowest BCUT2D eigenvalue weighted by Gasteiger charge is -2.32. The molecule has 17 heavy (non-hydrogen) atoms. The van der Waals surface area contributed by atoms with Crippen LogP contribution >= 0.6 is 12.4 Å². The zero-order valence-corrected chi connectivity index (χ0v) is 11.2. The van der Waals surface area contributed by atoms with Gasteiger partial charge in [-0.3, -0.25) is 4.79 Å². The van der Waals surface area contributed by atoms with Gasteiger partial charge in [0.25, 0.3) is 0 Å². The first-order valence-electron chi connectivity index (χ1n) is 6.32. The number of nitrogens with two attached hydrogens (primary N) is 1. The number of morpholine rings is 1. The van der Waals surface area contributed by atoms with E-state index in [4.69, 9.17) is 10.5 Å². The van der Waals surface area contributed by atoms with Gasteiger partial charge >= 0.3 is 0 Å². The highest BCUT2D eigenvalue weighted by Gasteiger charge is 2.29. The first kappa shape index (κ1) is 14.7. The van der Waals surface area contributed by atoms with E-state index >= 15 is 0 Å². The maximum atomic E-state index is 12.1. The largest absolute Gasteiger partial charge is 0.375 e. The van der Waals surface area contributed by atoms with Gasteiger partial charge in [0.15, 0.2) is 0 Å². The van der Waals surface area contributed by atoms with E-state index in [2.05, 4.69) is 0 Å². The summed E-state index contributed by atoms with van der Waals surface area (Å²) in [4.78, 5) is 14.0. The molecule has 1 aliphatic heterocycles. The fourth-order valence-corrected chi connectivity index (χ4v) is 2.72. The van der Waals surface area contributed by atoms with Gasteiger partial charge in [-0.05, 0) is 25.7 Å². The van der Waals surface area contributed by atoms with Gasteiger partial charge in [-0.2, -0.15) is 0 Å². The third kappa shape index (κ3) is 3.83. The lowest BCUT2D eigenvalue weighted by molar-refractivity contribution is -0.139. The smallest absolute Gasteiger partial charge is 0.223 e. The summed E-state index contributed by atoms with van der Waals surface area (Å²) < 4.78 is 5.43. The molecule has 2 N–H and O–H groups in total. The molecule has 2 aliphatic rings. The van der Waals surface area contributed by atoms with E-state index in [1.54, 1.807) is 0 Å². The fourth-order valence-electron chi connectivity index (χ4n) is 2.72. The summed E-state index contributed by atoms with van der Waals surface area (Å²) in [5.74, 6) is 0.670. The van der Waals surface area contributed by atoms with Crippen LogP contribution in [0, 0.1) is 5.92 Å². The summed E-state index contributed by atoms with van der Waals surface area (Å²) in [6.45, 7) is 4.16. The first-order chi connectivity index (χ1) is 7.66. The number of carbonyl (C=O) groups is 1. The Morgan fingerprint density at radius 3 is 2.82 bits per heavy atom. The lowest BCUT2D eigenvalue weighted by atomic mass is 9.99. The van der Waals surface area contributed by atoms with Gasteiger partial charge in [0.2, 0.25) is 5.91 Å². The Bertz CT molecular complexity index is 263. The second-order valence-corrected chi connectivity index (χ2v) is 5.08. The average molecular weight is 263 g/mol. The Morgan fingerprint density at radius 1 is 1.47 bits per heavy atom. The number of ether oxygens (including phenoxy) is 1. The molecule has 0 spiro atoms. The molecule has 1 unspecified atom stereocenters. The molecular formula is C12H23ClN2O2. The highest BCUT2D eigenvalue weighted by molar-refractivity contribution is 5.85. The van der Waals surface area contributed by atoms with E-state index in [0.717, 1.165) is 25.9 Å². The number of nitrogens with zero attached hydrogens (tertiary/aromatic N) is 1. The molecule has 3 atom stereocenters. The number of carbonyl (C=O) groups excluding carboxylic acids is 1. The molecule has 0 aromatic heterocycles. The minimum atomic E-state index is 0. The van der Waals surface area contributed by atoms with Crippen LogP contribution in [0.1, 0.15) is 32.6 Å². The van der Waals surface area contributed by atoms with Crippen LogP contribution in [-0.2, 0) is 9.53 Å². The van der Waals surface area contributed by atoms with Crippen molar-refractivity contribution in [2.75, 3.05) is 19.7 Å². The van der Waals surface area contributed by atoms with Crippen LogP contribution in [0.15, 0.2) is 0 Å². The van der Waals surface area contributed by atoms with Gasteiger partial charge < -0.3 is 15.4 Å². The van der Waals surface area contributed by atoms with E-state index in [-0.39, 0.29) is 30.5 Å². The predicted molar refractivity (Wildman–Crippen MR) is 69.2 cm³/mol. The summed E-state index contributed by atoms with van der Waals surface area (Å²) in [7, 11) is 0. The molecule has 1 amide bonds. The number of hydrogen-bond donors (Lipinski definition) is 1. The van der Waals surface area contributed by atoms with Gasteiger partial charge in [0.1, 0.15) is 0 Å². The third-order valence-corrected chi connectivity index (χ3v) is 3.75. The van der Waals surface area contributed by atoms with E-state index in [9.17, 15) is 4.79 Å². The normalized spacial score (nSPS) is 33.3. The Balaban J connectivity index is 0.00000144. The van der Waals surface area contributed by atoms with Crippen LogP contribution in [0.4, 0.5) is 0 Å². The summed E-state index contributed by atoms with van der Waals surface area (Å²) >= 11 is 0. The summed E-state index contributed by atoms with van der Waals surface area (Å²) in [6, 6.07) is 0.238. The summed E-state index contributed by atoms with van der Waals surface area (Å²) in [5.41, 5.74) is 5.99. The maximum absolute atomic E-state index is 12.1. The minimum absolute atomic E-state index is 0. The Hall–Kier alpha value is -0.320. The third-order valence-electron chi connectivity index (χ3n) is 3.75. The minimum Gasteiger partial charge on any atom is -0.375 e. The zero-order chi connectivity index (χ0) is 11.5. The van der Waals surface area contributed by atoms with Gasteiger partial charge in [-0.25, -0.2) is 0 Å². The van der Waals surface area contributed by atoms with Crippen molar-refractivity contribution < 1.29 is 9.53 Å². The van der Waals surface area contributed by atoms with Gasteiger partial charge in [-0.15, -0.1) is 12.4 Å². The molecule has 1 saturated heterocycles. The van der Waals surface area contributed by atoms with E-state index < -0.39 is 0 Å². The highest BCUT2D eigenvalue weighted by atomic mass is 35.5. The Morgan fingerprint density at radius 2 is 2.24 bits per heavy atom. The van der Waals surface area contributed by atoms with Crippen LogP contribution in [0.3, 0.4) is 0 Å². The molecule has 0 aromatic carbocycles. The van der Waals surface area contributed by atoms with E-state index in [0.29, 0.717) is 18.9 Å². The maximum Gasteiger partial charge on any atom is 0.223 e. The molecule has 2 fully saturated rings. The van der Waals surface area contributed by atoms with Crippen molar-refractivity contribution in [2.45, 2.75) is 44.8 Å². The highest BCUT2D eigenvalue weighted by Crippen LogP contribution is 2.27. The van der Waals surface area contributed by atoms with Gasteiger partial charge in [-0.1, -0.05) is 6.42 Å². The van der Waals surface area contributed by atoms with Crippen LogP contribution in [0.5, 0.6) is 0 Å². The van der Waals surface area contributed by atoms with Gasteiger partial charge in [0.05, 0.1) is 12.7 Å². The summed E-state index contributed by atoms with van der Waals surface area (Å²) in [6.07, 6.45) is 4.19. The van der Waals surface area contributed by atoms with Crippen molar-refractivity contribution in [3.8, 4) is 0 Å². The second-order valence-electron chi connectivity index (χ2n) is 5.08. The van der Waals surface area contributed by atoms with Crippen LogP contribution in [0.2, 0.25) is 0 Å². The molecule has 1 aliphatic carbocycles. The van der Waals surface area contributed by atoms with Crippen LogP contribution < -0.4 is 5.73 Å². The lowest BCUT2D eigenvalue weighted by Crippen LogP contribution is -2.45. The molecule has 0 aromatic rings. The Labute approximate surface area is 109 Å². The van der Waals surface area contributed by atoms with Crippen molar-refractivity contribution in [2.24, 2.45) is 11.7 Å². The summed E-state index contributed by atoms with van der Waals surface area (Å²) in [5, 5.41) is 0. The number of amides is 1. The van der Waals surface area contributed by atoms with Crippen molar-refractivity contribution in [3.63, 3.8) is 0 Å². The molecule has 100 valence electrons. The van der Waals surface area contributed by atoms with Crippen molar-refractivity contribution in [1.29, 1.82) is 0 Å². The zero-order valence-electron chi connectivity index (χ0n) is 10.4. The second kappa shape index (κ2) is 6.57. The monoisotopic (exact) mass is 262 g/mol. The van der Waals surface area contributed by atoms with Crippen molar-refractivity contribution in [1.82, 2.24) is 4.90 Å². The molecule has 2 rings (SSSR count). The van der Waals surface area contributed by atoms with Crippen molar-refractivity contribution >= 4 is 18.3 Å². The first-order valence-corrected chi connectivity index (χ1v) is 6.32. The topological polar surface area (TPSA) is 55.6 Å². The number of hydrogen-bond acceptors (Lipinski definition) is 3. The van der Waals surface area contributed by atoms with E-state index in [1.165, 1.54) is 6.42 Å². The Kier molecular flexibility index (Phi) is 5.70. The molecule has 4 nitrogen and oxygen atoms in total. The van der Waals surface area contributed by atoms with E-state index in [1.807, 2.05) is 11.8 Å². The molecule has 1 heterocycles. The fraction of sp³-hybridized carbons (Fsp3) is 0.917. The van der Waals surface area contributed by atoms with Crippen LogP contribution in [-0.4, -0.2) is 42.6 Å². The molecule has 0 bridgehead atoms. The SMILES string of the molecule is CC1CN(C(=O)C[C@@H]2CCC[C@H]2N)CCO1.Cl. The standard InChI is InChI=1S/C12H22N2O2.ClH/c1-9-8-14(5-6-16-9)12(15)7-10-3-2-4-11(10)13;/h9-11H,2-8,13H2,1H3;1H/t9?,10-,11+;/m0./s1. The van der Waals surface area contributed by atoms with Gasteiger partial charge in [0, 0.05) is 25.6 Å². The molecule has 1 saturated carbocycles. The number of rotatable bonds is 2. The number of halogens is 1. The molecule has 5 heteroatoms. The predicted octanol–water partition coefficient (Wildman–Crippen LogP) is 1.17.